The summed E-state index contributed by atoms with van der Waals surface area (Å²) in [5.41, 5.74) is 7.49. The van der Waals surface area contributed by atoms with Crippen molar-refractivity contribution in [2.24, 2.45) is 0 Å². The summed E-state index contributed by atoms with van der Waals surface area (Å²) in [6.45, 7) is 1.65. The van der Waals surface area contributed by atoms with Crippen LogP contribution in [0, 0.1) is 0 Å². The quantitative estimate of drug-likeness (QED) is 0.630. The number of hydrogen-bond donors (Lipinski definition) is 1. The Morgan fingerprint density at radius 2 is 1.85 bits per heavy atom. The van der Waals surface area contributed by atoms with Crippen LogP contribution in [-0.2, 0) is 4.79 Å². The normalized spacial score (nSPS) is 13.4. The van der Waals surface area contributed by atoms with Crippen molar-refractivity contribution in [1.82, 2.24) is 0 Å². The van der Waals surface area contributed by atoms with E-state index >= 15 is 0 Å². The van der Waals surface area contributed by atoms with Crippen LogP contribution >= 0.6 is 12.4 Å². The number of halogens is 1. The molecule has 13 heavy (non-hydrogen) atoms. The SMILES string of the molecule is CC(=CCC[AsH](C)(C)C)C(=O)O.Cl. The Bertz CT molecular complexity index is 194. The van der Waals surface area contributed by atoms with Crippen molar-refractivity contribution in [2.45, 2.75) is 35.7 Å². The fourth-order valence-corrected chi connectivity index (χ4v) is 2.93. The molecule has 0 rings (SSSR count). The van der Waals surface area contributed by atoms with Crippen molar-refractivity contribution >= 4 is 31.9 Å². The molecule has 0 heterocycles. The molecule has 1 N–H and O–H groups in total. The maximum Gasteiger partial charge on any atom is -0.147 e. The van der Waals surface area contributed by atoms with Crippen molar-refractivity contribution in [2.75, 3.05) is 0 Å². The van der Waals surface area contributed by atoms with Crippen LogP contribution in [0.5, 0.6) is 0 Å². The van der Waals surface area contributed by atoms with Crippen LogP contribution in [0.25, 0.3) is 0 Å². The molecule has 80 valence electrons. The van der Waals surface area contributed by atoms with Gasteiger partial charge < -0.3 is 0 Å². The smallest absolute Gasteiger partial charge is 0.147 e. The Kier molecular flexibility index (Phi) is 7.77. The zero-order valence-electron chi connectivity index (χ0n) is 8.76. The third-order valence-electron chi connectivity index (χ3n) is 1.68. The summed E-state index contributed by atoms with van der Waals surface area (Å²) >= 11 is -1.45. The second-order valence-electron chi connectivity index (χ2n) is 4.29. The van der Waals surface area contributed by atoms with Crippen molar-refractivity contribution < 1.29 is 9.90 Å². The van der Waals surface area contributed by atoms with Crippen LogP contribution < -0.4 is 0 Å². The third kappa shape index (κ3) is 9.98. The molecule has 0 aliphatic carbocycles. The van der Waals surface area contributed by atoms with Gasteiger partial charge in [0.2, 0.25) is 0 Å². The summed E-state index contributed by atoms with van der Waals surface area (Å²) in [6.07, 6.45) is 2.76. The van der Waals surface area contributed by atoms with E-state index in [9.17, 15) is 4.79 Å². The third-order valence-corrected chi connectivity index (χ3v) is 5.43. The Balaban J connectivity index is 0. The van der Waals surface area contributed by atoms with Gasteiger partial charge in [-0.15, -0.1) is 12.4 Å². The molecule has 0 saturated carbocycles. The van der Waals surface area contributed by atoms with Gasteiger partial charge in [0.25, 0.3) is 0 Å². The summed E-state index contributed by atoms with van der Waals surface area (Å²) in [7, 11) is 0. The maximum atomic E-state index is 10.4. The van der Waals surface area contributed by atoms with Crippen molar-refractivity contribution in [3.05, 3.63) is 11.6 Å². The zero-order chi connectivity index (χ0) is 9.78. The second-order valence-corrected chi connectivity index (χ2v) is 16.1. The van der Waals surface area contributed by atoms with Crippen molar-refractivity contribution in [3.63, 3.8) is 0 Å². The van der Waals surface area contributed by atoms with Crippen LogP contribution in [0.1, 0.15) is 13.3 Å². The second kappa shape index (κ2) is 6.50. The molecule has 4 heteroatoms. The van der Waals surface area contributed by atoms with Gasteiger partial charge >= 0.3 is 76.8 Å². The molecule has 0 amide bonds. The van der Waals surface area contributed by atoms with Gasteiger partial charge in [-0.2, -0.15) is 0 Å². The summed E-state index contributed by atoms with van der Waals surface area (Å²) in [5.74, 6) is -0.795. The predicted molar refractivity (Wildman–Crippen MR) is 62.8 cm³/mol. The summed E-state index contributed by atoms with van der Waals surface area (Å²) < 4.78 is 0. The Morgan fingerprint density at radius 3 is 2.15 bits per heavy atom. The van der Waals surface area contributed by atoms with Gasteiger partial charge in [0, 0.05) is 0 Å². The number of aliphatic carboxylic acids is 1. The largest absolute Gasteiger partial charge is 0.147 e. The average molecular weight is 271 g/mol. The van der Waals surface area contributed by atoms with Crippen LogP contribution in [0.15, 0.2) is 11.6 Å². The first-order valence-corrected chi connectivity index (χ1v) is 12.0. The molecular formula is C9H20AsClO2. The van der Waals surface area contributed by atoms with Crippen LogP contribution in [0.4, 0.5) is 0 Å². The van der Waals surface area contributed by atoms with Crippen LogP contribution in [-0.4, -0.2) is 24.6 Å². The number of allylic oxidation sites excluding steroid dienone is 1. The molecule has 0 aromatic heterocycles. The minimum atomic E-state index is -1.45. The molecule has 0 unspecified atom stereocenters. The number of hydrogen-bond acceptors (Lipinski definition) is 1. The van der Waals surface area contributed by atoms with Gasteiger partial charge in [0.1, 0.15) is 0 Å². The maximum absolute atomic E-state index is 10.4. The standard InChI is InChI=1S/C9H19AsO2.ClH/c1-8(9(11)12)6-5-7-10(2,3)4;/h6,10H,5,7H2,1-4H3,(H,11,12);1H. The molecule has 0 saturated heterocycles. The van der Waals surface area contributed by atoms with E-state index < -0.39 is 19.5 Å². The van der Waals surface area contributed by atoms with E-state index in [0.29, 0.717) is 5.57 Å². The molecule has 0 spiro atoms. The monoisotopic (exact) mass is 270 g/mol. The molecule has 0 aromatic rings. The average Bonchev–Trinajstić information content (AvgIpc) is 1.84. The minimum absolute atomic E-state index is 0. The van der Waals surface area contributed by atoms with Crippen LogP contribution in [0.2, 0.25) is 22.3 Å². The zero-order valence-corrected chi connectivity index (χ0v) is 11.7. The van der Waals surface area contributed by atoms with E-state index in [-0.39, 0.29) is 12.4 Å². The fourth-order valence-electron chi connectivity index (χ4n) is 0.809. The molecule has 0 aliphatic rings. The number of rotatable bonds is 4. The van der Waals surface area contributed by atoms with Gasteiger partial charge in [-0.1, -0.05) is 0 Å². The number of carbonyl (C=O) groups is 1. The van der Waals surface area contributed by atoms with E-state index in [0.717, 1.165) is 6.42 Å². The Labute approximate surface area is 89.3 Å². The Hall–Kier alpha value is 0.0584. The molecule has 2 nitrogen and oxygen atoms in total. The first kappa shape index (κ1) is 15.5. The van der Waals surface area contributed by atoms with E-state index in [2.05, 4.69) is 17.1 Å². The molecule has 0 atom stereocenters. The molecule has 0 aromatic carbocycles. The molecule has 0 fully saturated rings. The van der Waals surface area contributed by atoms with Crippen LogP contribution in [0.3, 0.4) is 0 Å². The first-order chi connectivity index (χ1) is 5.33. The van der Waals surface area contributed by atoms with Gasteiger partial charge in [-0.25, -0.2) is 0 Å². The summed E-state index contributed by atoms with van der Waals surface area (Å²) in [6, 6.07) is 0. The Morgan fingerprint density at radius 1 is 1.38 bits per heavy atom. The predicted octanol–water partition coefficient (Wildman–Crippen LogP) is 2.90. The molecule has 0 bridgehead atoms. The van der Waals surface area contributed by atoms with Gasteiger partial charge in [0.05, 0.1) is 0 Å². The minimum Gasteiger partial charge on any atom is -0.147 e. The fraction of sp³-hybridized carbons (Fsp3) is 0.667. The van der Waals surface area contributed by atoms with Crippen molar-refractivity contribution in [1.29, 1.82) is 0 Å². The van der Waals surface area contributed by atoms with Gasteiger partial charge in [-0.3, -0.25) is 0 Å². The van der Waals surface area contributed by atoms with E-state index in [1.807, 2.05) is 6.08 Å². The van der Waals surface area contributed by atoms with Crippen molar-refractivity contribution in [3.8, 4) is 0 Å². The summed E-state index contributed by atoms with van der Waals surface area (Å²) in [5, 5.41) is 9.77. The first-order valence-electron chi connectivity index (χ1n) is 4.23. The molecule has 0 aliphatic heterocycles. The molecular weight excluding hydrogens is 250 g/mol. The number of carboxylic acids is 1. The van der Waals surface area contributed by atoms with Gasteiger partial charge in [0.15, 0.2) is 0 Å². The molecule has 0 radical (unpaired) electrons. The topological polar surface area (TPSA) is 37.3 Å². The number of carboxylic acid groups (broad SMARTS) is 1. The summed E-state index contributed by atoms with van der Waals surface area (Å²) in [4.78, 5) is 10.4. The van der Waals surface area contributed by atoms with E-state index in [1.54, 1.807) is 6.92 Å². The van der Waals surface area contributed by atoms with E-state index in [4.69, 9.17) is 5.11 Å². The van der Waals surface area contributed by atoms with E-state index in [1.165, 1.54) is 5.21 Å². The van der Waals surface area contributed by atoms with Gasteiger partial charge in [-0.05, 0) is 0 Å².